The van der Waals surface area contributed by atoms with Crippen molar-refractivity contribution in [3.05, 3.63) is 82.1 Å². The number of hydrogen-bond acceptors (Lipinski definition) is 5. The van der Waals surface area contributed by atoms with Crippen molar-refractivity contribution in [2.45, 2.75) is 43.3 Å². The quantitative estimate of drug-likeness (QED) is 0.443. The Labute approximate surface area is 210 Å². The smallest absolute Gasteiger partial charge is 0.379 e. The minimum Gasteiger partial charge on any atom is -0.379 e. The summed E-state index contributed by atoms with van der Waals surface area (Å²) in [6.07, 6.45) is 3.12. The molecule has 11 heteroatoms. The van der Waals surface area contributed by atoms with E-state index in [0.717, 1.165) is 41.6 Å². The third-order valence-electron chi connectivity index (χ3n) is 7.60. The number of nitrogens with one attached hydrogen (secondary N) is 1. The molecule has 0 spiro atoms. The highest BCUT2D eigenvalue weighted by Crippen LogP contribution is 2.37. The lowest BCUT2D eigenvalue weighted by Gasteiger charge is -2.41. The number of ether oxygens (including phenoxy) is 1. The number of benzene rings is 1. The zero-order valence-electron chi connectivity index (χ0n) is 20.3. The number of aromatic nitrogens is 5. The van der Waals surface area contributed by atoms with Gasteiger partial charge in [0.1, 0.15) is 12.2 Å². The van der Waals surface area contributed by atoms with Crippen LogP contribution in [0.25, 0.3) is 11.2 Å². The van der Waals surface area contributed by atoms with Crippen LogP contribution in [0.3, 0.4) is 0 Å². The molecule has 1 aromatic carbocycles. The fraction of sp³-hybridized carbons (Fsp3) is 0.423. The van der Waals surface area contributed by atoms with E-state index < -0.39 is 17.4 Å². The fourth-order valence-corrected chi connectivity index (χ4v) is 5.42. The number of rotatable bonds is 5. The summed E-state index contributed by atoms with van der Waals surface area (Å²) in [4.78, 5) is 13.5. The minimum absolute atomic E-state index is 0.164. The molecular weight excluding hydrogens is 485 g/mol. The van der Waals surface area contributed by atoms with E-state index in [1.807, 2.05) is 29.8 Å². The molecular formula is C26H27F3N6O2. The van der Waals surface area contributed by atoms with Crippen LogP contribution in [0.1, 0.15) is 47.8 Å². The standard InChI is InChI=1S/C26H27F3N6O2/c1-33-16-31-32-23(33)11-25(14-37-15-25)18-5-4-6-19(10-18)34-13-22-20(26(27,28)29)9-17(12-35(22)24(34)36)21-7-2-3-8-30-21/h4-6,9-10,12-13,16,21,30H,2-3,7-8,11,14-15H2,1H3. The van der Waals surface area contributed by atoms with Crippen LogP contribution >= 0.6 is 0 Å². The Bertz CT molecular complexity index is 1510. The van der Waals surface area contributed by atoms with Gasteiger partial charge in [0.2, 0.25) is 0 Å². The van der Waals surface area contributed by atoms with Crippen LogP contribution in [0, 0.1) is 0 Å². The van der Waals surface area contributed by atoms with Crippen molar-refractivity contribution in [1.82, 2.24) is 29.0 Å². The van der Waals surface area contributed by atoms with Crippen molar-refractivity contribution in [2.24, 2.45) is 7.05 Å². The molecule has 37 heavy (non-hydrogen) atoms. The van der Waals surface area contributed by atoms with Crippen molar-refractivity contribution >= 4 is 5.52 Å². The van der Waals surface area contributed by atoms with Crippen molar-refractivity contribution in [1.29, 1.82) is 0 Å². The first-order valence-corrected chi connectivity index (χ1v) is 12.3. The van der Waals surface area contributed by atoms with Crippen molar-refractivity contribution < 1.29 is 17.9 Å². The van der Waals surface area contributed by atoms with Gasteiger partial charge in [-0.05, 0) is 48.7 Å². The molecule has 1 atom stereocenters. The van der Waals surface area contributed by atoms with Gasteiger partial charge in [0.15, 0.2) is 0 Å². The molecule has 2 aliphatic rings. The first-order valence-electron chi connectivity index (χ1n) is 12.3. The van der Waals surface area contributed by atoms with E-state index in [9.17, 15) is 18.0 Å². The maximum atomic E-state index is 14.1. The highest BCUT2D eigenvalue weighted by molar-refractivity contribution is 5.58. The monoisotopic (exact) mass is 512 g/mol. The Morgan fingerprint density at radius 1 is 1.19 bits per heavy atom. The lowest BCUT2D eigenvalue weighted by atomic mass is 9.75. The van der Waals surface area contributed by atoms with Gasteiger partial charge in [-0.25, -0.2) is 4.79 Å². The van der Waals surface area contributed by atoms with E-state index in [-0.39, 0.29) is 17.0 Å². The van der Waals surface area contributed by atoms with Gasteiger partial charge in [-0.15, -0.1) is 10.2 Å². The van der Waals surface area contributed by atoms with E-state index in [4.69, 9.17) is 4.74 Å². The Balaban J connectivity index is 1.44. The van der Waals surface area contributed by atoms with Gasteiger partial charge in [0, 0.05) is 37.3 Å². The molecule has 0 saturated carbocycles. The largest absolute Gasteiger partial charge is 0.418 e. The number of fused-ring (bicyclic) bond motifs is 1. The summed E-state index contributed by atoms with van der Waals surface area (Å²) in [5.74, 6) is 0.805. The Morgan fingerprint density at radius 2 is 2.03 bits per heavy atom. The second kappa shape index (κ2) is 8.84. The van der Waals surface area contributed by atoms with Crippen LogP contribution in [0.15, 0.2) is 53.8 Å². The van der Waals surface area contributed by atoms with Gasteiger partial charge < -0.3 is 14.6 Å². The Morgan fingerprint density at radius 3 is 2.68 bits per heavy atom. The summed E-state index contributed by atoms with van der Waals surface area (Å²) < 4.78 is 52.2. The van der Waals surface area contributed by atoms with Crippen LogP contribution in [0.5, 0.6) is 0 Å². The van der Waals surface area contributed by atoms with E-state index in [0.29, 0.717) is 30.9 Å². The normalized spacial score (nSPS) is 19.7. The van der Waals surface area contributed by atoms with Gasteiger partial charge in [-0.3, -0.25) is 8.97 Å². The first-order chi connectivity index (χ1) is 17.7. The molecule has 4 aromatic rings. The van der Waals surface area contributed by atoms with Gasteiger partial charge in [-0.1, -0.05) is 18.6 Å². The second-order valence-corrected chi connectivity index (χ2v) is 10.1. The summed E-state index contributed by atoms with van der Waals surface area (Å²) in [6, 6.07) is 8.33. The molecule has 2 fully saturated rings. The molecule has 8 nitrogen and oxygen atoms in total. The zero-order chi connectivity index (χ0) is 25.8. The highest BCUT2D eigenvalue weighted by atomic mass is 19.4. The summed E-state index contributed by atoms with van der Waals surface area (Å²) in [7, 11) is 1.88. The highest BCUT2D eigenvalue weighted by Gasteiger charge is 2.42. The van der Waals surface area contributed by atoms with Crippen molar-refractivity contribution in [3.63, 3.8) is 0 Å². The Hall–Kier alpha value is -3.44. The number of aryl methyl sites for hydroxylation is 1. The molecule has 194 valence electrons. The minimum atomic E-state index is -4.60. The van der Waals surface area contributed by atoms with E-state index in [2.05, 4.69) is 15.5 Å². The third-order valence-corrected chi connectivity index (χ3v) is 7.60. The second-order valence-electron chi connectivity index (χ2n) is 10.1. The molecule has 2 aliphatic heterocycles. The average Bonchev–Trinajstić information content (AvgIpc) is 3.43. The number of piperidine rings is 1. The van der Waals surface area contributed by atoms with E-state index in [1.54, 1.807) is 18.6 Å². The first kappa shape index (κ1) is 23.9. The number of halogens is 3. The van der Waals surface area contributed by atoms with Crippen LogP contribution in [0.4, 0.5) is 13.2 Å². The van der Waals surface area contributed by atoms with Crippen molar-refractivity contribution in [2.75, 3.05) is 19.8 Å². The fourth-order valence-electron chi connectivity index (χ4n) is 5.42. The maximum Gasteiger partial charge on any atom is 0.418 e. The SMILES string of the molecule is Cn1cnnc1CC1(c2cccc(-n3cc4c(C(F)(F)F)cc(C5CCCCN5)cn4c3=O)c2)COC1. The predicted octanol–water partition coefficient (Wildman–Crippen LogP) is 3.56. The molecule has 3 aromatic heterocycles. The van der Waals surface area contributed by atoms with Crippen molar-refractivity contribution in [3.8, 4) is 5.69 Å². The molecule has 0 amide bonds. The lowest BCUT2D eigenvalue weighted by molar-refractivity contribution is -0.136. The van der Waals surface area contributed by atoms with E-state index >= 15 is 0 Å². The van der Waals surface area contributed by atoms with Gasteiger partial charge in [0.25, 0.3) is 0 Å². The summed E-state index contributed by atoms with van der Waals surface area (Å²) in [6.45, 7) is 1.70. The lowest BCUT2D eigenvalue weighted by Crippen LogP contribution is -2.49. The number of imidazole rings is 1. The maximum absolute atomic E-state index is 14.1. The Kier molecular flexibility index (Phi) is 5.72. The average molecular weight is 513 g/mol. The number of alkyl halides is 3. The molecule has 2 saturated heterocycles. The van der Waals surface area contributed by atoms with E-state index in [1.165, 1.54) is 16.8 Å². The molecule has 0 bridgehead atoms. The number of hydrogen-bond donors (Lipinski definition) is 1. The topological polar surface area (TPSA) is 78.4 Å². The zero-order valence-corrected chi connectivity index (χ0v) is 20.3. The summed E-state index contributed by atoms with van der Waals surface area (Å²) in [5, 5.41) is 11.4. The van der Waals surface area contributed by atoms with Gasteiger partial charge in [0.05, 0.1) is 30.0 Å². The molecule has 5 heterocycles. The molecule has 0 aliphatic carbocycles. The predicted molar refractivity (Wildman–Crippen MR) is 130 cm³/mol. The van der Waals surface area contributed by atoms with Gasteiger partial charge >= 0.3 is 11.9 Å². The van der Waals surface area contributed by atoms with Gasteiger partial charge in [-0.2, -0.15) is 13.2 Å². The molecule has 0 radical (unpaired) electrons. The summed E-state index contributed by atoms with van der Waals surface area (Å²) >= 11 is 0. The number of nitrogens with zero attached hydrogens (tertiary/aromatic N) is 5. The molecule has 1 unspecified atom stereocenters. The van der Waals surface area contributed by atoms with Crippen LogP contribution in [-0.4, -0.2) is 43.5 Å². The third kappa shape index (κ3) is 4.15. The van der Waals surface area contributed by atoms with Crippen LogP contribution < -0.4 is 11.0 Å². The van der Waals surface area contributed by atoms with Crippen LogP contribution in [0.2, 0.25) is 0 Å². The summed E-state index contributed by atoms with van der Waals surface area (Å²) in [5.41, 5.74) is 0.0466. The molecule has 6 rings (SSSR count). The molecule has 1 N–H and O–H groups in total. The number of pyridine rings is 1. The van der Waals surface area contributed by atoms with Crippen LogP contribution in [-0.2, 0) is 29.8 Å².